The molecule has 0 aromatic carbocycles. The van der Waals surface area contributed by atoms with Gasteiger partial charge in [-0.15, -0.1) is 0 Å². The summed E-state index contributed by atoms with van der Waals surface area (Å²) in [6.07, 6.45) is 16.7. The molecule has 0 N–H and O–H groups in total. The van der Waals surface area contributed by atoms with Gasteiger partial charge < -0.3 is 4.74 Å². The van der Waals surface area contributed by atoms with Crippen LogP contribution >= 0.6 is 0 Å². The summed E-state index contributed by atoms with van der Waals surface area (Å²) in [6.45, 7) is 70.0. The Kier molecular flexibility index (Phi) is 48.4. The van der Waals surface area contributed by atoms with Crippen molar-refractivity contribution in [3.8, 4) is 0 Å². The molecule has 0 aliphatic rings. The summed E-state index contributed by atoms with van der Waals surface area (Å²) < 4.78 is 72.0. The van der Waals surface area contributed by atoms with Gasteiger partial charge in [0.25, 0.3) is 0 Å². The number of halogens is 4. The van der Waals surface area contributed by atoms with Crippen molar-refractivity contribution in [1.82, 2.24) is 148 Å². The van der Waals surface area contributed by atoms with Crippen molar-refractivity contribution in [2.75, 3.05) is 6.61 Å². The van der Waals surface area contributed by atoms with E-state index in [2.05, 4.69) is 293 Å². The predicted molar refractivity (Wildman–Crippen MR) is 444 cm³/mol. The van der Waals surface area contributed by atoms with Crippen LogP contribution in [0.5, 0.6) is 0 Å². The van der Waals surface area contributed by atoms with Crippen LogP contribution in [0.3, 0.4) is 0 Å². The van der Waals surface area contributed by atoms with Crippen LogP contribution in [-0.4, -0.2) is 172 Å². The molecule has 0 fully saturated rings. The zero-order valence-electron chi connectivity index (χ0n) is 75.0. The van der Waals surface area contributed by atoms with Crippen molar-refractivity contribution in [2.24, 2.45) is 0 Å². The van der Waals surface area contributed by atoms with Gasteiger partial charge in [0.05, 0.1) is 26.2 Å². The summed E-state index contributed by atoms with van der Waals surface area (Å²) in [5.41, 5.74) is -2.45. The van der Waals surface area contributed by atoms with E-state index in [0.29, 0.717) is 84.2 Å². The number of hydrogen-bond acceptors (Lipinski definition) is 21. The molecule has 10 aromatic heterocycles. The van der Waals surface area contributed by atoms with Crippen LogP contribution in [0.1, 0.15) is 384 Å². The SMILES string of the molecule is C.CC(C)c1ncnn1C(C)C.CC(C)c1ncnn1C(C)C.CC(C)c1ncnn1C(C)C.CC(C)c1ncnn1C(C)C.CC(C)c1ncnn1C(C)C.CC(C)c1ncnn1C(C)C.CC(C)c1ncnn1CCOC(F)F.CCCn1ncnc1C(C)C.Cc1ncnn1CC(C)(C)F.Cc1ncnn1CC(C)(C)F. The highest BCUT2D eigenvalue weighted by atomic mass is 19.3. The lowest BCUT2D eigenvalue weighted by molar-refractivity contribution is -0.131. The first-order chi connectivity index (χ1) is 52.6. The third-order valence-electron chi connectivity index (χ3n) is 15.6. The van der Waals surface area contributed by atoms with Gasteiger partial charge in [-0.25, -0.2) is 105 Å². The van der Waals surface area contributed by atoms with E-state index in [4.69, 9.17) is 0 Å². The third kappa shape index (κ3) is 38.9. The van der Waals surface area contributed by atoms with E-state index in [1.807, 2.05) is 46.6 Å². The van der Waals surface area contributed by atoms with Crippen LogP contribution in [0.25, 0.3) is 0 Å². The molecule has 0 aliphatic carbocycles. The van der Waals surface area contributed by atoms with Gasteiger partial charge in [-0.2, -0.15) is 59.8 Å². The maximum atomic E-state index is 13.0. The van der Waals surface area contributed by atoms with E-state index in [0.717, 1.165) is 71.2 Å². The number of nitrogens with zero attached hydrogens (tertiary/aromatic N) is 30. The summed E-state index contributed by atoms with van der Waals surface area (Å²) in [5, 5.41) is 40.6. The standard InChI is InChI=1S/C8H13F2N3O.7C8H15N3.2C7H12FN3.CH4/c1-6(2)7-11-5-12-13(7)3-4-14-8(9)10;6*1-6(2)8-9-5-10-11(8)7(3)4;1-4-5-11-8(7(2)3)9-6-10-11;2*1-6-9-5-10-11(6)4-7(2,3)8;/h5-6,8H,3-4H2,1-2H3;6*5-7H,1-4H3;6-7H,4-5H2,1-3H3;2*5H,4H2,1-3H3;1H4. The Bertz CT molecular complexity index is 3440. The molecule has 114 heavy (non-hydrogen) atoms. The second-order valence-corrected chi connectivity index (χ2v) is 32.4. The van der Waals surface area contributed by atoms with Crippen molar-refractivity contribution in [3.63, 3.8) is 0 Å². The molecule has 0 atom stereocenters. The maximum absolute atomic E-state index is 13.0. The monoisotopic (exact) mass is 1610 g/mol. The Labute approximate surface area is 679 Å². The molecule has 0 saturated heterocycles. The van der Waals surface area contributed by atoms with Gasteiger partial charge >= 0.3 is 6.61 Å². The van der Waals surface area contributed by atoms with Gasteiger partial charge in [0.2, 0.25) is 0 Å². The predicted octanol–water partition coefficient (Wildman–Crippen LogP) is 18.7. The van der Waals surface area contributed by atoms with Crippen molar-refractivity contribution in [1.29, 1.82) is 0 Å². The molecule has 35 heteroatoms. The second-order valence-electron chi connectivity index (χ2n) is 32.4. The quantitative estimate of drug-likeness (QED) is 0.0507. The molecule has 10 rings (SSSR count). The summed E-state index contributed by atoms with van der Waals surface area (Å²) in [4.78, 5) is 41.1. The van der Waals surface area contributed by atoms with Crippen LogP contribution in [0.15, 0.2) is 63.3 Å². The molecule has 0 spiro atoms. The number of hydrogen-bond donors (Lipinski definition) is 0. The molecule has 31 nitrogen and oxygen atoms in total. The average molecular weight is 1610 g/mol. The van der Waals surface area contributed by atoms with E-state index in [9.17, 15) is 17.6 Å². The Balaban J connectivity index is 0.00000124. The molecule has 0 bridgehead atoms. The largest absolute Gasteiger partial charge is 0.345 e. The lowest BCUT2D eigenvalue weighted by Crippen LogP contribution is -2.22. The smallest absolute Gasteiger partial charge is 0.321 e. The van der Waals surface area contributed by atoms with Crippen molar-refractivity contribution < 1.29 is 22.3 Å². The Morgan fingerprint density at radius 3 is 0.632 bits per heavy atom. The molecule has 0 saturated carbocycles. The molecule has 10 heterocycles. The third-order valence-corrected chi connectivity index (χ3v) is 15.6. The van der Waals surface area contributed by atoms with E-state index in [1.54, 1.807) is 72.2 Å². The molecule has 10 aromatic rings. The zero-order chi connectivity index (χ0) is 86.4. The summed E-state index contributed by atoms with van der Waals surface area (Å²) in [5.74, 6) is 13.2. The van der Waals surface area contributed by atoms with Crippen molar-refractivity contribution >= 4 is 0 Å². The maximum Gasteiger partial charge on any atom is 0.345 e. The van der Waals surface area contributed by atoms with Crippen LogP contribution in [-0.2, 0) is 30.9 Å². The summed E-state index contributed by atoms with van der Waals surface area (Å²) >= 11 is 0. The Morgan fingerprint density at radius 1 is 0.289 bits per heavy atom. The normalized spacial score (nSPS) is 11.4. The molecular weight excluding hydrogens is 1460 g/mol. The van der Waals surface area contributed by atoms with E-state index >= 15 is 0 Å². The Hall–Kier alpha value is -8.92. The van der Waals surface area contributed by atoms with Gasteiger partial charge in [-0.05, 0) is 131 Å². The average Bonchev–Trinajstić information content (AvgIpc) is 1.73. The van der Waals surface area contributed by atoms with Crippen molar-refractivity contribution in [3.05, 3.63) is 122 Å². The summed E-state index contributed by atoms with van der Waals surface area (Å²) in [6, 6.07) is 2.47. The van der Waals surface area contributed by atoms with Crippen LogP contribution < -0.4 is 0 Å². The van der Waals surface area contributed by atoms with E-state index < -0.39 is 17.9 Å². The number of alkyl halides is 4. The first-order valence-corrected chi connectivity index (χ1v) is 39.7. The highest BCUT2D eigenvalue weighted by molar-refractivity contribution is 4.98. The Morgan fingerprint density at radius 2 is 0.474 bits per heavy atom. The van der Waals surface area contributed by atoms with Crippen LogP contribution in [0, 0.1) is 13.8 Å². The van der Waals surface area contributed by atoms with Crippen molar-refractivity contribution in [2.45, 2.75) is 384 Å². The van der Waals surface area contributed by atoms with Crippen LogP contribution in [0.4, 0.5) is 17.6 Å². The summed E-state index contributed by atoms with van der Waals surface area (Å²) in [7, 11) is 0. The number of aromatic nitrogens is 30. The minimum atomic E-state index is -2.72. The molecule has 0 unspecified atom stereocenters. The van der Waals surface area contributed by atoms with Gasteiger partial charge in [0, 0.05) is 90.1 Å². The topological polar surface area (TPSA) is 316 Å². The minimum absolute atomic E-state index is 0. The fraction of sp³-hybridized carbons (Fsp3) is 0.747. The zero-order valence-corrected chi connectivity index (χ0v) is 75.0. The highest BCUT2D eigenvalue weighted by Gasteiger charge is 2.21. The first kappa shape index (κ1) is 105. The lowest BCUT2D eigenvalue weighted by Gasteiger charge is -2.13. The fourth-order valence-electron chi connectivity index (χ4n) is 10.3. The minimum Gasteiger partial charge on any atom is -0.321 e. The van der Waals surface area contributed by atoms with E-state index in [-0.39, 0.29) is 33.0 Å². The second kappa shape index (κ2) is 52.5. The molecule has 0 amide bonds. The molecule has 0 radical (unpaired) electrons. The van der Waals surface area contributed by atoms with Gasteiger partial charge in [-0.3, -0.25) is 0 Å². The molecular formula is C79H146F4N30O. The van der Waals surface area contributed by atoms with Gasteiger partial charge in [0.1, 0.15) is 133 Å². The highest BCUT2D eigenvalue weighted by Crippen LogP contribution is 2.21. The van der Waals surface area contributed by atoms with Gasteiger partial charge in [-0.1, -0.05) is 125 Å². The molecule has 0 aliphatic heterocycles. The first-order valence-electron chi connectivity index (χ1n) is 39.7. The van der Waals surface area contributed by atoms with Crippen LogP contribution in [0.2, 0.25) is 0 Å². The van der Waals surface area contributed by atoms with E-state index in [1.165, 1.54) is 46.7 Å². The van der Waals surface area contributed by atoms with Gasteiger partial charge in [0.15, 0.2) is 0 Å². The lowest BCUT2D eigenvalue weighted by atomic mass is 10.2. The number of ether oxygens (including phenoxy) is 1. The number of aryl methyl sites for hydroxylation is 3. The number of rotatable bonds is 24. The fourth-order valence-corrected chi connectivity index (χ4v) is 10.3. The molecule has 646 valence electrons.